The van der Waals surface area contributed by atoms with Crippen LogP contribution in [0.2, 0.25) is 0 Å². The molecule has 0 aliphatic rings. The Bertz CT molecular complexity index is 319. The maximum Gasteiger partial charge on any atom is 0.170 e. The van der Waals surface area contributed by atoms with E-state index in [1.807, 2.05) is 19.9 Å². The molecule has 0 radical (unpaired) electrons. The lowest BCUT2D eigenvalue weighted by atomic mass is 10.2. The molecule has 76 valence electrons. The molecule has 2 N–H and O–H groups in total. The first kappa shape index (κ1) is 10.9. The molecule has 0 atom stereocenters. The Morgan fingerprint density at radius 1 is 1.43 bits per heavy atom. The molecule has 0 saturated carbocycles. The third kappa shape index (κ3) is 3.30. The summed E-state index contributed by atoms with van der Waals surface area (Å²) in [5.41, 5.74) is 1.54. The highest BCUT2D eigenvalue weighted by Crippen LogP contribution is 2.12. The first-order valence-electron chi connectivity index (χ1n) is 4.44. The summed E-state index contributed by atoms with van der Waals surface area (Å²) in [6.45, 7) is 4.54. The van der Waals surface area contributed by atoms with Gasteiger partial charge in [0.15, 0.2) is 5.11 Å². The van der Waals surface area contributed by atoms with E-state index >= 15 is 0 Å². The zero-order chi connectivity index (χ0) is 10.6. The largest absolute Gasteiger partial charge is 0.363 e. The molecule has 0 amide bonds. The van der Waals surface area contributed by atoms with Gasteiger partial charge in [0.25, 0.3) is 0 Å². The zero-order valence-electron chi connectivity index (χ0n) is 8.23. The average Bonchev–Trinajstić information content (AvgIpc) is 2.01. The van der Waals surface area contributed by atoms with E-state index in [0.717, 1.165) is 12.1 Å². The topological polar surface area (TPSA) is 24.1 Å². The molecule has 1 aromatic carbocycles. The van der Waals surface area contributed by atoms with Gasteiger partial charge in [-0.3, -0.25) is 0 Å². The van der Waals surface area contributed by atoms with Gasteiger partial charge in [-0.2, -0.15) is 0 Å². The number of hydrogen-bond donors (Lipinski definition) is 2. The van der Waals surface area contributed by atoms with Crippen LogP contribution in [0.15, 0.2) is 18.2 Å². The Labute approximate surface area is 88.5 Å². The van der Waals surface area contributed by atoms with Crippen molar-refractivity contribution >= 4 is 23.0 Å². The van der Waals surface area contributed by atoms with Crippen LogP contribution in [-0.4, -0.2) is 11.7 Å². The van der Waals surface area contributed by atoms with Gasteiger partial charge in [0.05, 0.1) is 0 Å². The zero-order valence-corrected chi connectivity index (χ0v) is 9.04. The van der Waals surface area contributed by atoms with Crippen LogP contribution in [0.3, 0.4) is 0 Å². The van der Waals surface area contributed by atoms with Crippen LogP contribution in [-0.2, 0) is 0 Å². The van der Waals surface area contributed by atoms with Crippen LogP contribution in [0.4, 0.5) is 10.1 Å². The van der Waals surface area contributed by atoms with Gasteiger partial charge in [-0.05, 0) is 49.8 Å². The minimum Gasteiger partial charge on any atom is -0.363 e. The van der Waals surface area contributed by atoms with Crippen molar-refractivity contribution in [3.63, 3.8) is 0 Å². The third-order valence-corrected chi connectivity index (χ3v) is 1.88. The molecule has 0 heterocycles. The predicted octanol–water partition coefficient (Wildman–Crippen LogP) is 2.44. The number of halogens is 1. The van der Waals surface area contributed by atoms with E-state index in [0.29, 0.717) is 10.8 Å². The normalized spacial score (nSPS) is 9.64. The Morgan fingerprint density at radius 3 is 2.71 bits per heavy atom. The molecule has 2 nitrogen and oxygen atoms in total. The number of anilines is 1. The SMILES string of the molecule is CCNC(=S)Nc1cc(C)cc(F)c1. The lowest BCUT2D eigenvalue weighted by Crippen LogP contribution is -2.27. The van der Waals surface area contributed by atoms with Crippen molar-refractivity contribution in [3.8, 4) is 0 Å². The van der Waals surface area contributed by atoms with Crippen molar-refractivity contribution in [2.75, 3.05) is 11.9 Å². The van der Waals surface area contributed by atoms with Crippen molar-refractivity contribution in [1.29, 1.82) is 0 Å². The number of benzene rings is 1. The molecule has 0 bridgehead atoms. The van der Waals surface area contributed by atoms with Crippen LogP contribution in [0.5, 0.6) is 0 Å². The number of nitrogens with one attached hydrogen (secondary N) is 2. The molecule has 4 heteroatoms. The van der Waals surface area contributed by atoms with Crippen molar-refractivity contribution in [3.05, 3.63) is 29.6 Å². The van der Waals surface area contributed by atoms with Crippen molar-refractivity contribution in [1.82, 2.24) is 5.32 Å². The fraction of sp³-hybridized carbons (Fsp3) is 0.300. The Hall–Kier alpha value is -1.16. The van der Waals surface area contributed by atoms with Gasteiger partial charge in [0.1, 0.15) is 5.82 Å². The molecule has 1 aromatic rings. The quantitative estimate of drug-likeness (QED) is 0.736. The van der Waals surface area contributed by atoms with Crippen LogP contribution in [0.25, 0.3) is 0 Å². The maximum atomic E-state index is 13.0. The molecule has 0 spiro atoms. The summed E-state index contributed by atoms with van der Waals surface area (Å²) >= 11 is 4.98. The molecule has 0 fully saturated rings. The summed E-state index contributed by atoms with van der Waals surface area (Å²) in [6.07, 6.45) is 0. The van der Waals surface area contributed by atoms with Gasteiger partial charge in [-0.1, -0.05) is 0 Å². The average molecular weight is 212 g/mol. The molecule has 0 aliphatic heterocycles. The number of hydrogen-bond acceptors (Lipinski definition) is 1. The first-order chi connectivity index (χ1) is 6.61. The van der Waals surface area contributed by atoms with E-state index in [1.165, 1.54) is 12.1 Å². The van der Waals surface area contributed by atoms with Crippen LogP contribution in [0.1, 0.15) is 12.5 Å². The second-order valence-corrected chi connectivity index (χ2v) is 3.41. The minimum absolute atomic E-state index is 0.258. The monoisotopic (exact) mass is 212 g/mol. The number of aryl methyl sites for hydroxylation is 1. The van der Waals surface area contributed by atoms with E-state index in [9.17, 15) is 4.39 Å². The van der Waals surface area contributed by atoms with Gasteiger partial charge in [-0.15, -0.1) is 0 Å². The Morgan fingerprint density at radius 2 is 2.14 bits per heavy atom. The van der Waals surface area contributed by atoms with Gasteiger partial charge < -0.3 is 10.6 Å². The smallest absolute Gasteiger partial charge is 0.170 e. The first-order valence-corrected chi connectivity index (χ1v) is 4.84. The second kappa shape index (κ2) is 4.91. The van der Waals surface area contributed by atoms with Gasteiger partial charge in [-0.25, -0.2) is 4.39 Å². The standard InChI is InChI=1S/C10H13FN2S/c1-3-12-10(14)13-9-5-7(2)4-8(11)6-9/h4-6H,3H2,1-2H3,(H2,12,13,14). The highest BCUT2D eigenvalue weighted by atomic mass is 32.1. The summed E-state index contributed by atoms with van der Waals surface area (Å²) in [6, 6.07) is 4.73. The lowest BCUT2D eigenvalue weighted by Gasteiger charge is -2.09. The number of thiocarbonyl (C=S) groups is 1. The van der Waals surface area contributed by atoms with Gasteiger partial charge in [0, 0.05) is 12.2 Å². The van der Waals surface area contributed by atoms with Crippen molar-refractivity contribution in [2.24, 2.45) is 0 Å². The summed E-state index contributed by atoms with van der Waals surface area (Å²) in [5, 5.41) is 6.35. The summed E-state index contributed by atoms with van der Waals surface area (Å²) in [5.74, 6) is -0.258. The van der Waals surface area contributed by atoms with Crippen molar-refractivity contribution < 1.29 is 4.39 Å². The van der Waals surface area contributed by atoms with E-state index in [-0.39, 0.29) is 5.82 Å². The van der Waals surface area contributed by atoms with Crippen LogP contribution < -0.4 is 10.6 Å². The highest BCUT2D eigenvalue weighted by Gasteiger charge is 1.99. The number of rotatable bonds is 2. The van der Waals surface area contributed by atoms with Gasteiger partial charge in [0.2, 0.25) is 0 Å². The third-order valence-electron chi connectivity index (χ3n) is 1.64. The molecule has 0 aromatic heterocycles. The summed E-state index contributed by atoms with van der Waals surface area (Å²) in [4.78, 5) is 0. The fourth-order valence-corrected chi connectivity index (χ4v) is 1.41. The Kier molecular flexibility index (Phi) is 3.83. The minimum atomic E-state index is -0.258. The maximum absolute atomic E-state index is 13.0. The Balaban J connectivity index is 2.71. The molecule has 0 saturated heterocycles. The predicted molar refractivity (Wildman–Crippen MR) is 61.0 cm³/mol. The molecular formula is C10H13FN2S. The van der Waals surface area contributed by atoms with Gasteiger partial charge >= 0.3 is 0 Å². The molecule has 0 aliphatic carbocycles. The van der Waals surface area contributed by atoms with Crippen LogP contribution >= 0.6 is 12.2 Å². The van der Waals surface area contributed by atoms with Crippen LogP contribution in [0, 0.1) is 12.7 Å². The van der Waals surface area contributed by atoms with Crippen molar-refractivity contribution in [2.45, 2.75) is 13.8 Å². The van der Waals surface area contributed by atoms with E-state index in [1.54, 1.807) is 0 Å². The molecule has 0 unspecified atom stereocenters. The lowest BCUT2D eigenvalue weighted by molar-refractivity contribution is 0.627. The van der Waals surface area contributed by atoms with E-state index < -0.39 is 0 Å². The molecule has 14 heavy (non-hydrogen) atoms. The highest BCUT2D eigenvalue weighted by molar-refractivity contribution is 7.80. The molecule has 1 rings (SSSR count). The van der Waals surface area contributed by atoms with E-state index in [2.05, 4.69) is 10.6 Å². The fourth-order valence-electron chi connectivity index (χ4n) is 1.14. The summed E-state index contributed by atoms with van der Waals surface area (Å²) < 4.78 is 13.0. The van der Waals surface area contributed by atoms with E-state index in [4.69, 9.17) is 12.2 Å². The molecular weight excluding hydrogens is 199 g/mol. The summed E-state index contributed by atoms with van der Waals surface area (Å²) in [7, 11) is 0. The second-order valence-electron chi connectivity index (χ2n) is 3.00.